The fourth-order valence-electron chi connectivity index (χ4n) is 4.13. The van der Waals surface area contributed by atoms with Gasteiger partial charge in [0, 0.05) is 19.2 Å². The van der Waals surface area contributed by atoms with E-state index in [0.717, 1.165) is 36.1 Å². The summed E-state index contributed by atoms with van der Waals surface area (Å²) in [6.07, 6.45) is 2.86. The van der Waals surface area contributed by atoms with Crippen LogP contribution in [0.4, 0.5) is 0 Å². The Morgan fingerprint density at radius 1 is 1.07 bits per heavy atom. The molecule has 2 heterocycles. The van der Waals surface area contributed by atoms with Crippen LogP contribution < -0.4 is 0 Å². The third kappa shape index (κ3) is 3.51. The van der Waals surface area contributed by atoms with Crippen molar-refractivity contribution in [3.8, 4) is 0 Å². The Morgan fingerprint density at radius 2 is 1.77 bits per heavy atom. The van der Waals surface area contributed by atoms with Crippen LogP contribution >= 0.6 is 0 Å². The Bertz CT molecular complexity index is 1180. The average molecular weight is 426 g/mol. The highest BCUT2D eigenvalue weighted by Crippen LogP contribution is 2.33. The molecule has 3 aromatic rings. The molecule has 1 aliphatic heterocycles. The van der Waals surface area contributed by atoms with E-state index in [4.69, 9.17) is 4.98 Å². The summed E-state index contributed by atoms with van der Waals surface area (Å²) in [5, 5.41) is -0.497. The largest absolute Gasteiger partial charge is 0.329 e. The zero-order valence-corrected chi connectivity index (χ0v) is 18.4. The molecule has 0 radical (unpaired) electrons. The van der Waals surface area contributed by atoms with Gasteiger partial charge in [0.25, 0.3) is 5.91 Å². The number of hydrogen-bond donors (Lipinski definition) is 0. The van der Waals surface area contributed by atoms with Gasteiger partial charge in [-0.3, -0.25) is 4.79 Å². The Morgan fingerprint density at radius 3 is 2.43 bits per heavy atom. The summed E-state index contributed by atoms with van der Waals surface area (Å²) in [5.41, 5.74) is 2.48. The number of benzene rings is 2. The molecule has 1 aromatic heterocycles. The summed E-state index contributed by atoms with van der Waals surface area (Å²) in [6, 6.07) is 14.2. The zero-order valence-electron chi connectivity index (χ0n) is 17.6. The minimum atomic E-state index is -3.36. The summed E-state index contributed by atoms with van der Waals surface area (Å²) in [7, 11) is -1.36. The number of rotatable bonds is 4. The summed E-state index contributed by atoms with van der Waals surface area (Å²) < 4.78 is 26.8. The first-order valence-electron chi connectivity index (χ1n) is 10.4. The van der Waals surface area contributed by atoms with Crippen LogP contribution in [0.1, 0.15) is 55.3 Å². The molecule has 30 heavy (non-hydrogen) atoms. The van der Waals surface area contributed by atoms with Crippen molar-refractivity contribution in [3.63, 3.8) is 0 Å². The molecule has 1 aliphatic rings. The van der Waals surface area contributed by atoms with Crippen molar-refractivity contribution >= 4 is 26.8 Å². The average Bonchev–Trinajstić information content (AvgIpc) is 3.10. The van der Waals surface area contributed by atoms with Crippen molar-refractivity contribution in [1.29, 1.82) is 0 Å². The van der Waals surface area contributed by atoms with Crippen LogP contribution in [0.15, 0.2) is 53.4 Å². The number of aryl methyl sites for hydroxylation is 1. The van der Waals surface area contributed by atoms with Crippen molar-refractivity contribution in [2.45, 2.75) is 49.3 Å². The van der Waals surface area contributed by atoms with Crippen LogP contribution in [0.5, 0.6) is 0 Å². The predicted octanol–water partition coefficient (Wildman–Crippen LogP) is 4.12. The number of likely N-dealkylation sites (tertiary alicyclic amines) is 1. The molecule has 1 amide bonds. The number of carbonyl (C=O) groups excluding carboxylic acids is 1. The van der Waals surface area contributed by atoms with E-state index in [1.54, 1.807) is 26.0 Å². The van der Waals surface area contributed by atoms with Crippen molar-refractivity contribution in [2.24, 2.45) is 7.05 Å². The van der Waals surface area contributed by atoms with Crippen LogP contribution in [0.2, 0.25) is 0 Å². The number of para-hydroxylation sites is 2. The number of piperidine rings is 1. The first-order valence-corrected chi connectivity index (χ1v) is 11.9. The molecule has 7 heteroatoms. The maximum Gasteiger partial charge on any atom is 0.254 e. The molecule has 2 aromatic carbocycles. The van der Waals surface area contributed by atoms with Gasteiger partial charge in [0.2, 0.25) is 0 Å². The summed E-state index contributed by atoms with van der Waals surface area (Å²) in [4.78, 5) is 20.3. The van der Waals surface area contributed by atoms with Crippen molar-refractivity contribution in [2.75, 3.05) is 6.54 Å². The maximum atomic E-state index is 13.3. The third-order valence-electron chi connectivity index (χ3n) is 5.93. The van der Waals surface area contributed by atoms with Gasteiger partial charge in [-0.2, -0.15) is 0 Å². The van der Waals surface area contributed by atoms with Crippen molar-refractivity contribution in [1.82, 2.24) is 14.5 Å². The standard InChI is InChI=1S/C23H27N3O3S/c1-16(2)30(28,29)18-13-11-17(12-14-18)23(27)26-15-7-6-10-21(26)22-24-19-8-4-5-9-20(19)25(22)3/h4-5,8-9,11-14,16,21H,6-7,10,15H2,1-3H3/t21-/m1/s1. The summed E-state index contributed by atoms with van der Waals surface area (Å²) in [6.45, 7) is 3.98. The molecular formula is C23H27N3O3S. The second kappa shape index (κ2) is 7.87. The molecule has 0 spiro atoms. The van der Waals surface area contributed by atoms with E-state index in [9.17, 15) is 13.2 Å². The minimum Gasteiger partial charge on any atom is -0.329 e. The lowest BCUT2D eigenvalue weighted by molar-refractivity contribution is 0.0597. The van der Waals surface area contributed by atoms with Crippen LogP contribution in [0, 0.1) is 0 Å². The van der Waals surface area contributed by atoms with E-state index in [1.807, 2.05) is 36.2 Å². The Hall–Kier alpha value is -2.67. The highest BCUT2D eigenvalue weighted by atomic mass is 32.2. The normalized spacial score (nSPS) is 17.6. The van der Waals surface area contributed by atoms with Gasteiger partial charge in [-0.05, 0) is 69.5 Å². The van der Waals surface area contributed by atoms with Crippen LogP contribution in [-0.2, 0) is 16.9 Å². The Kier molecular flexibility index (Phi) is 5.40. The lowest BCUT2D eigenvalue weighted by Gasteiger charge is -2.35. The Labute approximate surface area is 177 Å². The highest BCUT2D eigenvalue weighted by molar-refractivity contribution is 7.92. The maximum absolute atomic E-state index is 13.3. The molecule has 0 bridgehead atoms. The lowest BCUT2D eigenvalue weighted by Crippen LogP contribution is -2.39. The first-order chi connectivity index (χ1) is 14.3. The number of aromatic nitrogens is 2. The molecule has 0 saturated carbocycles. The monoisotopic (exact) mass is 425 g/mol. The van der Waals surface area contributed by atoms with Crippen LogP contribution in [0.3, 0.4) is 0 Å². The quantitative estimate of drug-likeness (QED) is 0.630. The van der Waals surface area contributed by atoms with Crippen molar-refractivity contribution in [3.05, 3.63) is 59.9 Å². The molecule has 158 valence electrons. The van der Waals surface area contributed by atoms with Gasteiger partial charge in [-0.1, -0.05) is 12.1 Å². The number of amides is 1. The molecule has 1 fully saturated rings. The number of hydrogen-bond acceptors (Lipinski definition) is 4. The molecular weight excluding hydrogens is 398 g/mol. The van der Waals surface area contributed by atoms with E-state index in [-0.39, 0.29) is 16.8 Å². The second-order valence-corrected chi connectivity index (χ2v) is 10.7. The molecule has 4 rings (SSSR count). The van der Waals surface area contributed by atoms with E-state index in [0.29, 0.717) is 12.1 Å². The molecule has 1 saturated heterocycles. The third-order valence-corrected chi connectivity index (χ3v) is 8.10. The van der Waals surface area contributed by atoms with Gasteiger partial charge in [-0.25, -0.2) is 13.4 Å². The summed E-state index contributed by atoms with van der Waals surface area (Å²) in [5.74, 6) is 0.809. The first kappa shape index (κ1) is 20.6. The summed E-state index contributed by atoms with van der Waals surface area (Å²) >= 11 is 0. The highest BCUT2D eigenvalue weighted by Gasteiger charge is 2.32. The van der Waals surface area contributed by atoms with Gasteiger partial charge in [-0.15, -0.1) is 0 Å². The number of imidazole rings is 1. The second-order valence-electron chi connectivity index (χ2n) is 8.15. The lowest BCUT2D eigenvalue weighted by atomic mass is 10.00. The fraction of sp³-hybridized carbons (Fsp3) is 0.391. The number of sulfone groups is 1. The number of fused-ring (bicyclic) bond motifs is 1. The molecule has 6 nitrogen and oxygen atoms in total. The van der Waals surface area contributed by atoms with Crippen molar-refractivity contribution < 1.29 is 13.2 Å². The van der Waals surface area contributed by atoms with Gasteiger partial charge in [0.1, 0.15) is 5.82 Å². The van der Waals surface area contributed by atoms with Gasteiger partial charge in [0.05, 0.1) is 27.2 Å². The topological polar surface area (TPSA) is 72.3 Å². The molecule has 0 aliphatic carbocycles. The number of nitrogens with zero attached hydrogens (tertiary/aromatic N) is 3. The van der Waals surface area contributed by atoms with E-state index >= 15 is 0 Å². The number of carbonyl (C=O) groups is 1. The smallest absolute Gasteiger partial charge is 0.254 e. The van der Waals surface area contributed by atoms with E-state index in [2.05, 4.69) is 4.57 Å². The minimum absolute atomic E-state index is 0.0831. The van der Waals surface area contributed by atoms with Crippen LogP contribution in [-0.4, -0.2) is 40.6 Å². The van der Waals surface area contributed by atoms with Gasteiger partial charge in [0.15, 0.2) is 9.84 Å². The SMILES string of the molecule is CC(C)S(=O)(=O)c1ccc(C(=O)N2CCCC[C@@H]2c2nc3ccccc3n2C)cc1. The van der Waals surface area contributed by atoms with E-state index in [1.165, 1.54) is 12.1 Å². The molecule has 0 unspecified atom stereocenters. The molecule has 1 atom stereocenters. The predicted molar refractivity (Wildman–Crippen MR) is 117 cm³/mol. The van der Waals surface area contributed by atoms with Gasteiger partial charge >= 0.3 is 0 Å². The zero-order chi connectivity index (χ0) is 21.5. The van der Waals surface area contributed by atoms with Gasteiger partial charge < -0.3 is 9.47 Å². The fourth-order valence-corrected chi connectivity index (χ4v) is 5.19. The molecule has 0 N–H and O–H groups in total. The van der Waals surface area contributed by atoms with E-state index < -0.39 is 15.1 Å². The Balaban J connectivity index is 1.66. The van der Waals surface area contributed by atoms with Crippen LogP contribution in [0.25, 0.3) is 11.0 Å².